The predicted octanol–water partition coefficient (Wildman–Crippen LogP) is 4.19. The van der Waals surface area contributed by atoms with Crippen LogP contribution in [0.5, 0.6) is 0 Å². The average Bonchev–Trinajstić information content (AvgIpc) is 3.71. The number of rotatable bonds is 11. The Balaban J connectivity index is 1.16. The van der Waals surface area contributed by atoms with Gasteiger partial charge in [-0.3, -0.25) is 23.9 Å². The number of carbonyl (C=O) groups is 3. The molecule has 5 aromatic rings. The normalized spacial score (nSPS) is 16.2. The molecule has 55 heavy (non-hydrogen) atoms. The van der Waals surface area contributed by atoms with Crippen LogP contribution in [0.4, 0.5) is 10.5 Å². The zero-order valence-electron chi connectivity index (χ0n) is 31.0. The lowest BCUT2D eigenvalue weighted by Gasteiger charge is -2.32. The van der Waals surface area contributed by atoms with Gasteiger partial charge in [0.1, 0.15) is 5.60 Å². The summed E-state index contributed by atoms with van der Waals surface area (Å²) in [5, 5.41) is 16.8. The fourth-order valence-electron chi connectivity index (χ4n) is 6.68. The number of nitrogens with one attached hydrogen (secondary N) is 3. The average molecular weight is 748 g/mol. The minimum Gasteiger partial charge on any atom is -0.444 e. The summed E-state index contributed by atoms with van der Waals surface area (Å²) < 4.78 is 6.80. The molecule has 2 heterocycles. The minimum absolute atomic E-state index is 0.122. The van der Waals surface area contributed by atoms with Gasteiger partial charge in [0.25, 0.3) is 11.5 Å². The molecular weight excluding hydrogens is 702 g/mol. The lowest BCUT2D eigenvalue weighted by atomic mass is 9.81. The molecule has 5 N–H and O–H groups in total. The van der Waals surface area contributed by atoms with E-state index in [1.165, 1.54) is 15.7 Å². The van der Waals surface area contributed by atoms with Gasteiger partial charge in [-0.15, -0.1) is 10.2 Å². The Morgan fingerprint density at radius 3 is 2.24 bits per heavy atom. The molecule has 1 atom stereocenters. The van der Waals surface area contributed by atoms with Crippen molar-refractivity contribution in [2.45, 2.75) is 71.1 Å². The van der Waals surface area contributed by atoms with Crippen molar-refractivity contribution in [1.82, 2.24) is 35.5 Å². The first-order valence-electron chi connectivity index (χ1n) is 18.3. The van der Waals surface area contributed by atoms with E-state index in [1.54, 1.807) is 69.3 Å². The number of H-pyrrole nitrogens is 2. The highest BCUT2D eigenvalue weighted by Gasteiger charge is 2.35. The molecule has 0 unspecified atom stereocenters. The van der Waals surface area contributed by atoms with Crippen molar-refractivity contribution in [3.05, 3.63) is 117 Å². The Hall–Kier alpha value is -6.22. The lowest BCUT2D eigenvalue weighted by molar-refractivity contribution is -0.130. The molecule has 15 heteroatoms. The monoisotopic (exact) mass is 747 g/mol. The number of alkyl carbamates (subject to hydrolysis) is 1. The largest absolute Gasteiger partial charge is 0.444 e. The summed E-state index contributed by atoms with van der Waals surface area (Å²) in [5.74, 6) is -0.784. The molecule has 1 aliphatic carbocycles. The Morgan fingerprint density at radius 2 is 1.60 bits per heavy atom. The van der Waals surface area contributed by atoms with Crippen LogP contribution in [0.3, 0.4) is 0 Å². The highest BCUT2D eigenvalue weighted by Crippen LogP contribution is 2.32. The summed E-state index contributed by atoms with van der Waals surface area (Å²) in [4.78, 5) is 69.5. The summed E-state index contributed by atoms with van der Waals surface area (Å²) in [5.41, 5.74) is 8.48. The second kappa shape index (κ2) is 16.8. The summed E-state index contributed by atoms with van der Waals surface area (Å²) in [6.07, 6.45) is 3.64. The van der Waals surface area contributed by atoms with Crippen LogP contribution in [0.2, 0.25) is 0 Å². The summed E-state index contributed by atoms with van der Waals surface area (Å²) in [6, 6.07) is 22.1. The van der Waals surface area contributed by atoms with E-state index in [0.717, 1.165) is 11.1 Å². The van der Waals surface area contributed by atoms with Gasteiger partial charge in [-0.25, -0.2) is 14.5 Å². The van der Waals surface area contributed by atoms with E-state index >= 15 is 0 Å². The van der Waals surface area contributed by atoms with Crippen molar-refractivity contribution in [2.75, 3.05) is 11.4 Å². The van der Waals surface area contributed by atoms with Crippen molar-refractivity contribution in [1.29, 1.82) is 0 Å². The molecule has 3 aromatic carbocycles. The van der Waals surface area contributed by atoms with Crippen molar-refractivity contribution in [3.8, 4) is 22.5 Å². The lowest BCUT2D eigenvalue weighted by Crippen LogP contribution is -2.50. The smallest absolute Gasteiger partial charge is 0.407 e. The van der Waals surface area contributed by atoms with Gasteiger partial charge in [-0.1, -0.05) is 54.6 Å². The van der Waals surface area contributed by atoms with Crippen LogP contribution in [0, 0.1) is 11.8 Å². The Morgan fingerprint density at radius 1 is 0.927 bits per heavy atom. The number of hydrogen-bond acceptors (Lipinski definition) is 10. The third-order valence-electron chi connectivity index (χ3n) is 9.54. The molecule has 1 aliphatic rings. The van der Waals surface area contributed by atoms with E-state index < -0.39 is 40.8 Å². The molecular formula is C40H45N9O6. The highest BCUT2D eigenvalue weighted by molar-refractivity contribution is 6.17. The maximum absolute atomic E-state index is 14.2. The minimum atomic E-state index is -1.07. The van der Waals surface area contributed by atoms with Crippen molar-refractivity contribution in [2.24, 2.45) is 17.6 Å². The fourth-order valence-corrected chi connectivity index (χ4v) is 6.68. The van der Waals surface area contributed by atoms with E-state index in [-0.39, 0.29) is 18.2 Å². The number of anilines is 1. The molecule has 0 saturated heterocycles. The summed E-state index contributed by atoms with van der Waals surface area (Å²) >= 11 is 0. The topological polar surface area (TPSA) is 211 Å². The standard InChI is InChI=1S/C40H45N9O6/c1-40(2,3)55-39(54)42-22-26-11-15-30(16-12-26)36(51)49(31-19-17-29(18-20-31)34-44-46-47-45-34)37(52)33(41)21-25-9-13-28(14-10-25)32-24-48(38(53)43-35(32)50)23-27-7-5-4-6-8-27/h4-10,13-14,17-20,24,26,30,33H,11-12,15-16,21-23,41H2,1-3H3,(H,42,54)(H,43,50,53)(H,44,45,46,47)/t26-,30-,33-/m0/s1. The zero-order valence-corrected chi connectivity index (χ0v) is 31.0. The molecule has 3 amide bonds. The number of aromatic nitrogens is 6. The third-order valence-corrected chi connectivity index (χ3v) is 9.54. The van der Waals surface area contributed by atoms with E-state index in [4.69, 9.17) is 10.5 Å². The molecule has 0 radical (unpaired) electrons. The van der Waals surface area contributed by atoms with Gasteiger partial charge in [0.2, 0.25) is 11.7 Å². The Bertz CT molecular complexity index is 2200. The van der Waals surface area contributed by atoms with Gasteiger partial charge < -0.3 is 15.8 Å². The second-order valence-electron chi connectivity index (χ2n) is 14.8. The van der Waals surface area contributed by atoms with Crippen LogP contribution in [-0.4, -0.2) is 66.3 Å². The van der Waals surface area contributed by atoms with Crippen molar-refractivity contribution < 1.29 is 19.1 Å². The van der Waals surface area contributed by atoms with Crippen LogP contribution in [0.1, 0.15) is 57.6 Å². The number of benzene rings is 3. The Kier molecular flexibility index (Phi) is 11.8. The van der Waals surface area contributed by atoms with Gasteiger partial charge in [-0.2, -0.15) is 5.21 Å². The van der Waals surface area contributed by atoms with Crippen molar-refractivity contribution in [3.63, 3.8) is 0 Å². The van der Waals surface area contributed by atoms with Crippen LogP contribution in [0.25, 0.3) is 22.5 Å². The first kappa shape index (κ1) is 38.5. The summed E-state index contributed by atoms with van der Waals surface area (Å²) in [7, 11) is 0. The maximum Gasteiger partial charge on any atom is 0.407 e. The molecule has 0 aliphatic heterocycles. The molecule has 1 fully saturated rings. The first-order valence-corrected chi connectivity index (χ1v) is 18.3. The number of ether oxygens (including phenoxy) is 1. The molecule has 15 nitrogen and oxygen atoms in total. The molecule has 286 valence electrons. The second-order valence-corrected chi connectivity index (χ2v) is 14.8. The Labute approximate surface area is 317 Å². The van der Waals surface area contributed by atoms with Gasteiger partial charge in [0, 0.05) is 24.2 Å². The predicted molar refractivity (Wildman–Crippen MR) is 206 cm³/mol. The number of hydrogen-bond donors (Lipinski definition) is 4. The number of amides is 3. The molecule has 2 aromatic heterocycles. The molecule has 0 bridgehead atoms. The van der Waals surface area contributed by atoms with Gasteiger partial charge in [-0.05, 0) is 105 Å². The third kappa shape index (κ3) is 9.86. The fraction of sp³-hybridized carbons (Fsp3) is 0.350. The van der Waals surface area contributed by atoms with E-state index in [9.17, 15) is 24.0 Å². The molecule has 1 saturated carbocycles. The highest BCUT2D eigenvalue weighted by atomic mass is 16.6. The number of tetrazole rings is 1. The first-order chi connectivity index (χ1) is 26.3. The number of aromatic amines is 2. The van der Waals surface area contributed by atoms with Crippen LogP contribution in [0.15, 0.2) is 94.6 Å². The molecule has 6 rings (SSSR count). The van der Waals surface area contributed by atoms with E-state index in [2.05, 4.69) is 30.9 Å². The van der Waals surface area contributed by atoms with Gasteiger partial charge in [0.15, 0.2) is 0 Å². The van der Waals surface area contributed by atoms with E-state index in [0.29, 0.717) is 67.0 Å². The number of imide groups is 1. The van der Waals surface area contributed by atoms with E-state index in [1.807, 2.05) is 30.3 Å². The number of nitrogens with zero attached hydrogens (tertiary/aromatic N) is 5. The van der Waals surface area contributed by atoms with Crippen molar-refractivity contribution >= 4 is 23.6 Å². The zero-order chi connectivity index (χ0) is 39.1. The van der Waals surface area contributed by atoms with Crippen LogP contribution >= 0.6 is 0 Å². The van der Waals surface area contributed by atoms with Gasteiger partial charge in [0.05, 0.1) is 23.8 Å². The maximum atomic E-state index is 14.2. The van der Waals surface area contributed by atoms with Crippen LogP contribution < -0.4 is 27.2 Å². The SMILES string of the molecule is CC(C)(C)OC(=O)NC[C@H]1CC[C@H](C(=O)N(C(=O)[C@@H](N)Cc2ccc(-c3cn(Cc4ccccc4)c(=O)[nH]c3=O)cc2)c2ccc(-c3nn[nH]n3)cc2)CC1. The summed E-state index contributed by atoms with van der Waals surface area (Å²) in [6.45, 7) is 6.14. The number of nitrogens with two attached hydrogens (primary N) is 1. The molecule has 0 spiro atoms. The van der Waals surface area contributed by atoms with Crippen LogP contribution in [-0.2, 0) is 27.3 Å². The van der Waals surface area contributed by atoms with Gasteiger partial charge >= 0.3 is 11.8 Å². The number of carbonyl (C=O) groups excluding carboxylic acids is 3. The quantitative estimate of drug-likeness (QED) is 0.151.